The lowest BCUT2D eigenvalue weighted by Gasteiger charge is -2.25. The van der Waals surface area contributed by atoms with Gasteiger partial charge in [0, 0.05) is 12.6 Å². The minimum absolute atomic E-state index is 0.0274. The van der Waals surface area contributed by atoms with Crippen molar-refractivity contribution in [3.63, 3.8) is 0 Å². The molecule has 0 aromatic carbocycles. The number of rotatable bonds is 7. The van der Waals surface area contributed by atoms with Gasteiger partial charge in [0.2, 0.25) is 5.91 Å². The predicted octanol–water partition coefficient (Wildman–Crippen LogP) is 2.67. The second kappa shape index (κ2) is 8.48. The Morgan fingerprint density at radius 3 is 2.82 bits per heavy atom. The van der Waals surface area contributed by atoms with Crippen LogP contribution in [0.1, 0.15) is 51.1 Å². The van der Waals surface area contributed by atoms with Crippen LogP contribution in [0, 0.1) is 12.8 Å². The third kappa shape index (κ3) is 5.57. The third-order valence-corrected chi connectivity index (χ3v) is 5.09. The molecule has 1 amide bonds. The van der Waals surface area contributed by atoms with Gasteiger partial charge in [-0.2, -0.15) is 4.37 Å². The molecule has 0 saturated heterocycles. The molecular weight excluding hydrogens is 296 g/mol. The summed E-state index contributed by atoms with van der Waals surface area (Å²) >= 11 is 1.44. The second-order valence-corrected chi connectivity index (χ2v) is 7.27. The molecule has 2 rings (SSSR count). The first-order valence-electron chi connectivity index (χ1n) is 8.27. The maximum Gasteiger partial charge on any atom is 0.237 e. The van der Waals surface area contributed by atoms with Crippen molar-refractivity contribution in [3.8, 4) is 0 Å². The largest absolute Gasteiger partial charge is 0.374 e. The Labute approximate surface area is 137 Å². The molecule has 22 heavy (non-hydrogen) atoms. The molecule has 1 fully saturated rings. The monoisotopic (exact) mass is 324 g/mol. The van der Waals surface area contributed by atoms with Gasteiger partial charge in [-0.3, -0.25) is 4.79 Å². The summed E-state index contributed by atoms with van der Waals surface area (Å²) in [5.74, 6) is 0.600. The van der Waals surface area contributed by atoms with Crippen LogP contribution in [0.4, 0.5) is 5.00 Å². The molecule has 1 aliphatic carbocycles. The smallest absolute Gasteiger partial charge is 0.237 e. The van der Waals surface area contributed by atoms with Gasteiger partial charge in [-0.1, -0.05) is 32.1 Å². The summed E-state index contributed by atoms with van der Waals surface area (Å²) in [6.07, 6.45) is 7.17. The number of anilines is 1. The van der Waals surface area contributed by atoms with Gasteiger partial charge in [0.15, 0.2) is 0 Å². The predicted molar refractivity (Wildman–Crippen MR) is 92.1 cm³/mol. The molecule has 124 valence electrons. The van der Waals surface area contributed by atoms with E-state index in [4.69, 9.17) is 5.73 Å². The maximum absolute atomic E-state index is 12.2. The van der Waals surface area contributed by atoms with Crippen molar-refractivity contribution in [2.45, 2.75) is 64.5 Å². The zero-order valence-corrected chi connectivity index (χ0v) is 14.4. The highest BCUT2D eigenvalue weighted by molar-refractivity contribution is 7.10. The number of hydrogen-bond acceptors (Lipinski definition) is 5. The van der Waals surface area contributed by atoms with E-state index in [1.807, 2.05) is 19.9 Å². The first-order chi connectivity index (χ1) is 10.5. The van der Waals surface area contributed by atoms with Crippen LogP contribution in [0.5, 0.6) is 0 Å². The normalized spacial score (nSPS) is 18.7. The van der Waals surface area contributed by atoms with Gasteiger partial charge < -0.3 is 16.4 Å². The quantitative estimate of drug-likeness (QED) is 0.720. The number of hydrogen-bond donors (Lipinski definition) is 3. The number of carbonyl (C=O) groups is 1. The number of carbonyl (C=O) groups excluding carboxylic acids is 1. The molecule has 0 spiro atoms. The topological polar surface area (TPSA) is 80.0 Å². The Kier molecular flexibility index (Phi) is 6.64. The molecule has 1 aromatic heterocycles. The van der Waals surface area contributed by atoms with Crippen LogP contribution in [0.25, 0.3) is 0 Å². The highest BCUT2D eigenvalue weighted by Crippen LogP contribution is 2.26. The van der Waals surface area contributed by atoms with Crippen LogP contribution >= 0.6 is 11.5 Å². The van der Waals surface area contributed by atoms with Gasteiger partial charge in [-0.25, -0.2) is 0 Å². The molecular formula is C16H28N4OS. The molecule has 5 nitrogen and oxygen atoms in total. The Balaban J connectivity index is 1.68. The average molecular weight is 324 g/mol. The van der Waals surface area contributed by atoms with E-state index < -0.39 is 0 Å². The third-order valence-electron chi connectivity index (χ3n) is 4.25. The summed E-state index contributed by atoms with van der Waals surface area (Å²) in [5.41, 5.74) is 7.08. The fraction of sp³-hybridized carbons (Fsp3) is 0.750. The molecule has 0 unspecified atom stereocenters. The van der Waals surface area contributed by atoms with E-state index in [1.165, 1.54) is 43.6 Å². The van der Waals surface area contributed by atoms with Gasteiger partial charge in [0.05, 0.1) is 11.7 Å². The zero-order valence-electron chi connectivity index (χ0n) is 13.6. The van der Waals surface area contributed by atoms with Crippen molar-refractivity contribution in [1.82, 2.24) is 9.69 Å². The van der Waals surface area contributed by atoms with Crippen molar-refractivity contribution in [2.75, 3.05) is 11.9 Å². The highest BCUT2D eigenvalue weighted by Gasteiger charge is 2.22. The van der Waals surface area contributed by atoms with Gasteiger partial charge >= 0.3 is 0 Å². The van der Waals surface area contributed by atoms with E-state index in [9.17, 15) is 4.79 Å². The molecule has 6 heteroatoms. The average Bonchev–Trinajstić information content (AvgIpc) is 2.92. The fourth-order valence-electron chi connectivity index (χ4n) is 2.99. The SMILES string of the molecule is Cc1cc(NC[C@H](C)NC(=O)[C@@H](N)CC2CCCCC2)sn1. The van der Waals surface area contributed by atoms with Crippen LogP contribution in [0.3, 0.4) is 0 Å². The summed E-state index contributed by atoms with van der Waals surface area (Å²) < 4.78 is 4.22. The lowest BCUT2D eigenvalue weighted by atomic mass is 9.85. The molecule has 1 aromatic rings. The molecule has 0 aliphatic heterocycles. The second-order valence-electron chi connectivity index (χ2n) is 6.47. The summed E-state index contributed by atoms with van der Waals surface area (Å²) in [4.78, 5) is 12.2. The Hall–Kier alpha value is -1.14. The zero-order chi connectivity index (χ0) is 15.9. The van der Waals surface area contributed by atoms with Gasteiger partial charge in [0.25, 0.3) is 0 Å². The lowest BCUT2D eigenvalue weighted by Crippen LogP contribution is -2.47. The van der Waals surface area contributed by atoms with Crippen molar-refractivity contribution in [2.24, 2.45) is 11.7 Å². The van der Waals surface area contributed by atoms with E-state index in [0.717, 1.165) is 17.1 Å². The number of nitrogens with one attached hydrogen (secondary N) is 2. The van der Waals surface area contributed by atoms with Crippen molar-refractivity contribution in [3.05, 3.63) is 11.8 Å². The standard InChI is InChI=1S/C16H28N4OS/c1-11-8-15(22-20-11)18-10-12(2)19-16(21)14(17)9-13-6-4-3-5-7-13/h8,12-14,18H,3-7,9-10,17H2,1-2H3,(H,19,21)/t12-,14-/m0/s1. The Bertz CT molecular complexity index is 470. The summed E-state index contributed by atoms with van der Waals surface area (Å²) in [6, 6.07) is 1.68. The molecule has 4 N–H and O–H groups in total. The summed E-state index contributed by atoms with van der Waals surface area (Å²) in [5, 5.41) is 7.33. The van der Waals surface area contributed by atoms with Crippen molar-refractivity contribution < 1.29 is 4.79 Å². The maximum atomic E-state index is 12.2. The van der Waals surface area contributed by atoms with Crippen LogP contribution < -0.4 is 16.4 Å². The van der Waals surface area contributed by atoms with Crippen molar-refractivity contribution in [1.29, 1.82) is 0 Å². The molecule has 1 saturated carbocycles. The lowest BCUT2D eigenvalue weighted by molar-refractivity contribution is -0.123. The van der Waals surface area contributed by atoms with Gasteiger partial charge in [-0.15, -0.1) is 0 Å². The van der Waals surface area contributed by atoms with Crippen LogP contribution in [-0.2, 0) is 4.79 Å². The highest BCUT2D eigenvalue weighted by atomic mass is 32.1. The first kappa shape index (κ1) is 17.2. The summed E-state index contributed by atoms with van der Waals surface area (Å²) in [6.45, 7) is 4.65. The van der Waals surface area contributed by atoms with Crippen LogP contribution in [0.2, 0.25) is 0 Å². The van der Waals surface area contributed by atoms with E-state index in [2.05, 4.69) is 15.0 Å². The van der Waals surface area contributed by atoms with Crippen LogP contribution in [0.15, 0.2) is 6.07 Å². The molecule has 1 heterocycles. The van der Waals surface area contributed by atoms with Crippen LogP contribution in [-0.4, -0.2) is 28.9 Å². The van der Waals surface area contributed by atoms with Gasteiger partial charge in [-0.05, 0) is 43.8 Å². The van der Waals surface area contributed by atoms with E-state index >= 15 is 0 Å². The molecule has 0 bridgehead atoms. The first-order valence-corrected chi connectivity index (χ1v) is 9.05. The Morgan fingerprint density at radius 2 is 2.18 bits per heavy atom. The van der Waals surface area contributed by atoms with E-state index in [1.54, 1.807) is 0 Å². The number of amides is 1. The summed E-state index contributed by atoms with van der Waals surface area (Å²) in [7, 11) is 0. The Morgan fingerprint density at radius 1 is 1.45 bits per heavy atom. The molecule has 0 radical (unpaired) electrons. The molecule has 1 aliphatic rings. The van der Waals surface area contributed by atoms with E-state index in [-0.39, 0.29) is 18.0 Å². The van der Waals surface area contributed by atoms with E-state index in [0.29, 0.717) is 12.5 Å². The van der Waals surface area contributed by atoms with Gasteiger partial charge in [0.1, 0.15) is 5.00 Å². The fourth-order valence-corrected chi connectivity index (χ4v) is 3.66. The number of aryl methyl sites for hydroxylation is 1. The van der Waals surface area contributed by atoms with Crippen molar-refractivity contribution >= 4 is 22.4 Å². The minimum atomic E-state index is -0.379. The number of nitrogens with two attached hydrogens (primary N) is 1. The minimum Gasteiger partial charge on any atom is -0.374 e. The number of nitrogens with zero attached hydrogens (tertiary/aromatic N) is 1. The molecule has 2 atom stereocenters. The number of aromatic nitrogens is 1.